The molecule has 3 aromatic rings. The largest absolute Gasteiger partial charge is 0.368 e. The third-order valence-corrected chi connectivity index (χ3v) is 6.30. The molecular formula is C23H23ClN4O2. The molecule has 6 nitrogen and oxygen atoms in total. The molecule has 1 aliphatic carbocycles. The number of anilines is 1. The Bertz CT molecular complexity index is 1020. The van der Waals surface area contributed by atoms with E-state index in [4.69, 9.17) is 16.1 Å². The molecule has 7 heteroatoms. The van der Waals surface area contributed by atoms with Crippen molar-refractivity contribution < 1.29 is 9.32 Å². The maximum absolute atomic E-state index is 12.7. The molecule has 0 N–H and O–H groups in total. The number of aromatic nitrogens is 2. The van der Waals surface area contributed by atoms with Gasteiger partial charge in [0.25, 0.3) is 5.91 Å². The molecular weight excluding hydrogens is 400 g/mol. The van der Waals surface area contributed by atoms with Gasteiger partial charge in [-0.15, -0.1) is 0 Å². The average molecular weight is 423 g/mol. The van der Waals surface area contributed by atoms with Crippen LogP contribution in [0.25, 0.3) is 11.4 Å². The Kier molecular flexibility index (Phi) is 5.17. The molecule has 5 rings (SSSR count). The zero-order valence-corrected chi connectivity index (χ0v) is 17.4. The molecule has 1 amide bonds. The zero-order chi connectivity index (χ0) is 20.5. The van der Waals surface area contributed by atoms with Gasteiger partial charge in [-0.25, -0.2) is 0 Å². The quantitative estimate of drug-likeness (QED) is 0.613. The summed E-state index contributed by atoms with van der Waals surface area (Å²) >= 11 is 5.92. The molecule has 0 atom stereocenters. The van der Waals surface area contributed by atoms with Gasteiger partial charge in [0.05, 0.1) is 0 Å². The number of halogens is 1. The summed E-state index contributed by atoms with van der Waals surface area (Å²) in [5.74, 6) is 1.92. The highest BCUT2D eigenvalue weighted by Crippen LogP contribution is 2.36. The Labute approximate surface area is 180 Å². The number of hydrogen-bond donors (Lipinski definition) is 0. The lowest BCUT2D eigenvalue weighted by Gasteiger charge is -2.36. The first-order chi connectivity index (χ1) is 14.7. The van der Waals surface area contributed by atoms with Gasteiger partial charge >= 0.3 is 0 Å². The van der Waals surface area contributed by atoms with E-state index >= 15 is 0 Å². The van der Waals surface area contributed by atoms with Gasteiger partial charge in [-0.05, 0) is 61.4 Å². The van der Waals surface area contributed by atoms with E-state index in [0.29, 0.717) is 35.4 Å². The summed E-state index contributed by atoms with van der Waals surface area (Å²) in [6, 6.07) is 15.3. The lowest BCUT2D eigenvalue weighted by atomic mass is 9.85. The van der Waals surface area contributed by atoms with Crippen molar-refractivity contribution >= 4 is 23.2 Å². The number of rotatable bonds is 4. The van der Waals surface area contributed by atoms with E-state index < -0.39 is 0 Å². The van der Waals surface area contributed by atoms with Gasteiger partial charge in [0.2, 0.25) is 11.7 Å². The Morgan fingerprint density at radius 1 is 0.967 bits per heavy atom. The number of carbonyl (C=O) groups excluding carboxylic acids is 1. The van der Waals surface area contributed by atoms with Crippen molar-refractivity contribution in [3.63, 3.8) is 0 Å². The minimum absolute atomic E-state index is 0.0565. The smallest absolute Gasteiger partial charge is 0.253 e. The normalized spacial score (nSPS) is 17.1. The van der Waals surface area contributed by atoms with Gasteiger partial charge < -0.3 is 14.3 Å². The minimum Gasteiger partial charge on any atom is -0.368 e. The highest BCUT2D eigenvalue weighted by Gasteiger charge is 2.26. The van der Waals surface area contributed by atoms with Crippen molar-refractivity contribution in [2.75, 3.05) is 31.1 Å². The van der Waals surface area contributed by atoms with Crippen LogP contribution in [-0.2, 0) is 0 Å². The summed E-state index contributed by atoms with van der Waals surface area (Å²) in [6.07, 6.45) is 3.54. The summed E-state index contributed by atoms with van der Waals surface area (Å²) < 4.78 is 5.43. The third-order valence-electron chi connectivity index (χ3n) is 6.04. The molecule has 2 aliphatic rings. The van der Waals surface area contributed by atoms with Crippen LogP contribution < -0.4 is 4.90 Å². The Morgan fingerprint density at radius 2 is 1.67 bits per heavy atom. The molecule has 0 unspecified atom stereocenters. The maximum Gasteiger partial charge on any atom is 0.253 e. The fourth-order valence-electron chi connectivity index (χ4n) is 3.94. The number of carbonyl (C=O) groups is 1. The van der Waals surface area contributed by atoms with Gasteiger partial charge in [-0.2, -0.15) is 4.98 Å². The second-order valence-corrected chi connectivity index (χ2v) is 8.35. The first-order valence-corrected chi connectivity index (χ1v) is 10.8. The van der Waals surface area contributed by atoms with Crippen LogP contribution in [0.1, 0.15) is 41.4 Å². The molecule has 0 spiro atoms. The lowest BCUT2D eigenvalue weighted by Crippen LogP contribution is -2.48. The van der Waals surface area contributed by atoms with Crippen molar-refractivity contribution in [3.8, 4) is 11.4 Å². The van der Waals surface area contributed by atoms with E-state index in [9.17, 15) is 4.79 Å². The van der Waals surface area contributed by atoms with Crippen LogP contribution in [0.4, 0.5) is 5.69 Å². The molecule has 1 aliphatic heterocycles. The molecule has 0 bridgehead atoms. The first kappa shape index (κ1) is 19.1. The molecule has 0 radical (unpaired) electrons. The number of nitrogens with zero attached hydrogens (tertiary/aromatic N) is 4. The molecule has 2 aromatic carbocycles. The third kappa shape index (κ3) is 3.79. The molecule has 1 saturated heterocycles. The van der Waals surface area contributed by atoms with E-state index in [1.165, 1.54) is 6.42 Å². The number of amides is 1. The van der Waals surface area contributed by atoms with Crippen molar-refractivity contribution in [1.29, 1.82) is 0 Å². The SMILES string of the molecule is O=C(c1ccc(Cl)cc1)N1CCN(c2ccc(-c3noc(C4CCC4)n3)cc2)CC1. The second kappa shape index (κ2) is 8.11. The molecule has 1 saturated carbocycles. The Morgan fingerprint density at radius 3 is 2.30 bits per heavy atom. The number of piperazine rings is 1. The summed E-state index contributed by atoms with van der Waals surface area (Å²) in [6.45, 7) is 2.98. The van der Waals surface area contributed by atoms with Crippen LogP contribution in [0.5, 0.6) is 0 Å². The van der Waals surface area contributed by atoms with Gasteiger partial charge in [0.1, 0.15) is 0 Å². The van der Waals surface area contributed by atoms with Gasteiger partial charge in [0.15, 0.2) is 0 Å². The van der Waals surface area contributed by atoms with Gasteiger partial charge in [-0.1, -0.05) is 23.2 Å². The molecule has 30 heavy (non-hydrogen) atoms. The molecule has 1 aromatic heterocycles. The van der Waals surface area contributed by atoms with Crippen LogP contribution in [0.15, 0.2) is 53.1 Å². The van der Waals surface area contributed by atoms with E-state index in [0.717, 1.165) is 43.1 Å². The zero-order valence-electron chi connectivity index (χ0n) is 16.6. The van der Waals surface area contributed by atoms with E-state index in [1.54, 1.807) is 24.3 Å². The minimum atomic E-state index is 0.0565. The summed E-state index contributed by atoms with van der Waals surface area (Å²) in [5.41, 5.74) is 2.78. The van der Waals surface area contributed by atoms with Crippen LogP contribution in [0.3, 0.4) is 0 Å². The molecule has 154 valence electrons. The van der Waals surface area contributed by atoms with Crippen molar-refractivity contribution in [2.24, 2.45) is 0 Å². The fourth-order valence-corrected chi connectivity index (χ4v) is 4.06. The summed E-state index contributed by atoms with van der Waals surface area (Å²) in [4.78, 5) is 21.4. The summed E-state index contributed by atoms with van der Waals surface area (Å²) in [5, 5.41) is 4.78. The second-order valence-electron chi connectivity index (χ2n) is 7.92. The van der Waals surface area contributed by atoms with Crippen LogP contribution in [-0.4, -0.2) is 47.1 Å². The van der Waals surface area contributed by atoms with Gasteiger partial charge in [-0.3, -0.25) is 4.79 Å². The highest BCUT2D eigenvalue weighted by molar-refractivity contribution is 6.30. The topological polar surface area (TPSA) is 62.5 Å². The average Bonchev–Trinajstić information content (AvgIpc) is 3.22. The van der Waals surface area contributed by atoms with Crippen molar-refractivity contribution in [3.05, 3.63) is 65.0 Å². The predicted molar refractivity (Wildman–Crippen MR) is 116 cm³/mol. The molecule has 2 heterocycles. The standard InChI is InChI=1S/C23H23ClN4O2/c24-19-8-4-18(5-9-19)23(29)28-14-12-27(13-15-28)20-10-6-16(7-11-20)21-25-22(30-26-21)17-2-1-3-17/h4-11,17H,1-3,12-15H2. The fraction of sp³-hybridized carbons (Fsp3) is 0.348. The lowest BCUT2D eigenvalue weighted by molar-refractivity contribution is 0.0747. The van der Waals surface area contributed by atoms with Crippen LogP contribution in [0, 0.1) is 0 Å². The van der Waals surface area contributed by atoms with Gasteiger partial charge in [0, 0.05) is 53.9 Å². The highest BCUT2D eigenvalue weighted by atomic mass is 35.5. The summed E-state index contributed by atoms with van der Waals surface area (Å²) in [7, 11) is 0. The molecule has 2 fully saturated rings. The van der Waals surface area contributed by atoms with Crippen LogP contribution >= 0.6 is 11.6 Å². The first-order valence-electron chi connectivity index (χ1n) is 10.4. The maximum atomic E-state index is 12.7. The Hall–Kier alpha value is -2.86. The van der Waals surface area contributed by atoms with E-state index in [-0.39, 0.29) is 5.91 Å². The number of benzene rings is 2. The van der Waals surface area contributed by atoms with E-state index in [1.807, 2.05) is 17.0 Å². The predicted octanol–water partition coefficient (Wildman–Crippen LogP) is 4.62. The van der Waals surface area contributed by atoms with Crippen molar-refractivity contribution in [1.82, 2.24) is 15.0 Å². The van der Waals surface area contributed by atoms with E-state index in [2.05, 4.69) is 27.2 Å². The Balaban J connectivity index is 1.20. The monoisotopic (exact) mass is 422 g/mol. The van der Waals surface area contributed by atoms with Crippen molar-refractivity contribution in [2.45, 2.75) is 25.2 Å². The van der Waals surface area contributed by atoms with Crippen LogP contribution in [0.2, 0.25) is 5.02 Å². The number of hydrogen-bond acceptors (Lipinski definition) is 5.